The van der Waals surface area contributed by atoms with Crippen LogP contribution in [0.2, 0.25) is 5.28 Å². The summed E-state index contributed by atoms with van der Waals surface area (Å²) in [4.78, 5) is 8.01. The van der Waals surface area contributed by atoms with Gasteiger partial charge < -0.3 is 5.32 Å². The number of aromatic amines is 1. The van der Waals surface area contributed by atoms with Gasteiger partial charge in [0.15, 0.2) is 17.3 Å². The maximum absolute atomic E-state index is 13.1. The van der Waals surface area contributed by atoms with Crippen LogP contribution in [0.25, 0.3) is 11.0 Å². The second kappa shape index (κ2) is 5.01. The summed E-state index contributed by atoms with van der Waals surface area (Å²) in [6.07, 6.45) is 1.55. The third-order valence-corrected chi connectivity index (χ3v) is 2.90. The van der Waals surface area contributed by atoms with Gasteiger partial charge in [0.05, 0.1) is 11.6 Å². The van der Waals surface area contributed by atoms with E-state index in [1.165, 1.54) is 6.07 Å². The van der Waals surface area contributed by atoms with E-state index in [-0.39, 0.29) is 11.8 Å². The van der Waals surface area contributed by atoms with Crippen LogP contribution >= 0.6 is 11.6 Å². The van der Waals surface area contributed by atoms with Crippen molar-refractivity contribution in [3.8, 4) is 0 Å². The summed E-state index contributed by atoms with van der Waals surface area (Å²) in [5, 5.41) is 10.2. The van der Waals surface area contributed by atoms with E-state index in [1.54, 1.807) is 6.20 Å². The maximum Gasteiger partial charge on any atom is 0.226 e. The van der Waals surface area contributed by atoms with E-state index in [9.17, 15) is 8.78 Å². The van der Waals surface area contributed by atoms with Gasteiger partial charge in [0.2, 0.25) is 5.28 Å². The van der Waals surface area contributed by atoms with Crippen LogP contribution in [0, 0.1) is 11.6 Å². The molecule has 0 fully saturated rings. The zero-order valence-corrected chi connectivity index (χ0v) is 10.7. The maximum atomic E-state index is 13.1. The van der Waals surface area contributed by atoms with E-state index in [0.717, 1.165) is 12.1 Å². The number of benzene rings is 1. The molecule has 2 N–H and O–H groups in total. The number of rotatable bonds is 3. The first-order valence-corrected chi connectivity index (χ1v) is 6.05. The minimum atomic E-state index is -0.890. The van der Waals surface area contributed by atoms with E-state index in [0.29, 0.717) is 22.4 Å². The van der Waals surface area contributed by atoms with Crippen LogP contribution in [0.4, 0.5) is 14.6 Å². The molecule has 0 spiro atoms. The van der Waals surface area contributed by atoms with Crippen molar-refractivity contribution in [2.75, 3.05) is 5.32 Å². The van der Waals surface area contributed by atoms with E-state index in [1.807, 2.05) is 0 Å². The van der Waals surface area contributed by atoms with Crippen molar-refractivity contribution in [1.29, 1.82) is 0 Å². The quantitative estimate of drug-likeness (QED) is 0.729. The van der Waals surface area contributed by atoms with Gasteiger partial charge in [0.25, 0.3) is 0 Å². The first-order chi connectivity index (χ1) is 9.63. The van der Waals surface area contributed by atoms with Gasteiger partial charge in [-0.15, -0.1) is 0 Å². The number of hydrogen-bond donors (Lipinski definition) is 2. The fourth-order valence-electron chi connectivity index (χ4n) is 1.78. The van der Waals surface area contributed by atoms with Gasteiger partial charge in [0, 0.05) is 6.54 Å². The lowest BCUT2D eigenvalue weighted by atomic mass is 10.2. The van der Waals surface area contributed by atoms with E-state index in [4.69, 9.17) is 11.6 Å². The van der Waals surface area contributed by atoms with Crippen molar-refractivity contribution in [1.82, 2.24) is 20.2 Å². The second-order valence-corrected chi connectivity index (χ2v) is 4.41. The summed E-state index contributed by atoms with van der Waals surface area (Å²) in [6, 6.07) is 3.69. The molecule has 0 amide bonds. The molecular formula is C12H8ClF2N5. The molecule has 20 heavy (non-hydrogen) atoms. The van der Waals surface area contributed by atoms with Crippen LogP contribution < -0.4 is 5.32 Å². The first-order valence-electron chi connectivity index (χ1n) is 5.68. The van der Waals surface area contributed by atoms with Crippen LogP contribution in [0.15, 0.2) is 24.4 Å². The lowest BCUT2D eigenvalue weighted by molar-refractivity contribution is 0.507. The molecule has 0 saturated heterocycles. The average Bonchev–Trinajstić information content (AvgIpc) is 2.88. The van der Waals surface area contributed by atoms with Crippen molar-refractivity contribution < 1.29 is 8.78 Å². The molecule has 0 atom stereocenters. The number of aromatic nitrogens is 4. The van der Waals surface area contributed by atoms with Crippen LogP contribution in [-0.4, -0.2) is 20.2 Å². The summed E-state index contributed by atoms with van der Waals surface area (Å²) in [5.41, 5.74) is 1.08. The van der Waals surface area contributed by atoms with Crippen molar-refractivity contribution in [3.05, 3.63) is 46.9 Å². The van der Waals surface area contributed by atoms with E-state index < -0.39 is 11.6 Å². The predicted molar refractivity (Wildman–Crippen MR) is 70.4 cm³/mol. The standard InChI is InChI=1S/C12H8ClF2N5/c13-12-18-10(7-5-17-20-11(7)19-12)16-4-6-1-2-8(14)9(15)3-6/h1-3,5H,4H2,(H2,16,17,18,19,20). The van der Waals surface area contributed by atoms with Gasteiger partial charge in [-0.1, -0.05) is 6.07 Å². The fourth-order valence-corrected chi connectivity index (χ4v) is 1.95. The Morgan fingerprint density at radius 2 is 2.05 bits per heavy atom. The molecule has 0 unspecified atom stereocenters. The number of nitrogens with zero attached hydrogens (tertiary/aromatic N) is 3. The zero-order chi connectivity index (χ0) is 14.1. The number of fused-ring (bicyclic) bond motifs is 1. The van der Waals surface area contributed by atoms with Crippen LogP contribution in [0.3, 0.4) is 0 Å². The summed E-state index contributed by atoms with van der Waals surface area (Å²) in [7, 11) is 0. The Morgan fingerprint density at radius 3 is 2.85 bits per heavy atom. The SMILES string of the molecule is Fc1ccc(CNc2nc(Cl)nc3[nH]ncc23)cc1F. The second-order valence-electron chi connectivity index (χ2n) is 4.08. The van der Waals surface area contributed by atoms with Crippen molar-refractivity contribution in [3.63, 3.8) is 0 Å². The first kappa shape index (κ1) is 12.7. The summed E-state index contributed by atoms with van der Waals surface area (Å²) in [6.45, 7) is 0.269. The third kappa shape index (κ3) is 2.39. The van der Waals surface area contributed by atoms with Gasteiger partial charge in [0.1, 0.15) is 5.82 Å². The smallest absolute Gasteiger partial charge is 0.226 e. The third-order valence-electron chi connectivity index (χ3n) is 2.73. The highest BCUT2D eigenvalue weighted by atomic mass is 35.5. The Balaban J connectivity index is 1.86. The van der Waals surface area contributed by atoms with Gasteiger partial charge in [-0.05, 0) is 29.3 Å². The molecule has 8 heteroatoms. The average molecular weight is 296 g/mol. The van der Waals surface area contributed by atoms with Crippen LogP contribution in [0.1, 0.15) is 5.56 Å². The van der Waals surface area contributed by atoms with Gasteiger partial charge in [-0.25, -0.2) is 8.78 Å². The summed E-state index contributed by atoms with van der Waals surface area (Å²) >= 11 is 5.79. The van der Waals surface area contributed by atoms with Crippen molar-refractivity contribution in [2.45, 2.75) is 6.54 Å². The topological polar surface area (TPSA) is 66.5 Å². The Bertz CT molecular complexity index is 774. The monoisotopic (exact) mass is 295 g/mol. The highest BCUT2D eigenvalue weighted by Crippen LogP contribution is 2.20. The molecule has 3 rings (SSSR count). The molecule has 5 nitrogen and oxygen atoms in total. The van der Waals surface area contributed by atoms with Gasteiger partial charge in [-0.3, -0.25) is 5.10 Å². The molecule has 2 heterocycles. The molecule has 102 valence electrons. The Morgan fingerprint density at radius 1 is 1.20 bits per heavy atom. The Labute approximate surface area is 117 Å². The van der Waals surface area contributed by atoms with Crippen molar-refractivity contribution in [2.24, 2.45) is 0 Å². The number of nitrogens with one attached hydrogen (secondary N) is 2. The molecule has 0 aliphatic carbocycles. The normalized spacial score (nSPS) is 10.9. The number of hydrogen-bond acceptors (Lipinski definition) is 4. The predicted octanol–water partition coefficient (Wildman–Crippen LogP) is 2.90. The van der Waals surface area contributed by atoms with Crippen molar-refractivity contribution >= 4 is 28.5 Å². The Hall–Kier alpha value is -2.28. The molecular weight excluding hydrogens is 288 g/mol. The molecule has 1 aromatic carbocycles. The van der Waals surface area contributed by atoms with Gasteiger partial charge >= 0.3 is 0 Å². The number of H-pyrrole nitrogens is 1. The fraction of sp³-hybridized carbons (Fsp3) is 0.0833. The largest absolute Gasteiger partial charge is 0.365 e. The molecule has 0 radical (unpaired) electrons. The minimum absolute atomic E-state index is 0.0644. The van der Waals surface area contributed by atoms with E-state index in [2.05, 4.69) is 25.5 Å². The zero-order valence-electron chi connectivity index (χ0n) is 9.99. The molecule has 0 aliphatic rings. The summed E-state index contributed by atoms with van der Waals surface area (Å²) in [5.74, 6) is -1.30. The molecule has 3 aromatic rings. The van der Waals surface area contributed by atoms with Gasteiger partial charge in [-0.2, -0.15) is 15.1 Å². The Kier molecular flexibility index (Phi) is 3.19. The van der Waals surface area contributed by atoms with Crippen LogP contribution in [0.5, 0.6) is 0 Å². The molecule has 0 bridgehead atoms. The lowest BCUT2D eigenvalue weighted by Crippen LogP contribution is -2.03. The molecule has 2 aromatic heterocycles. The summed E-state index contributed by atoms with van der Waals surface area (Å²) < 4.78 is 25.9. The minimum Gasteiger partial charge on any atom is -0.365 e. The molecule has 0 aliphatic heterocycles. The lowest BCUT2D eigenvalue weighted by Gasteiger charge is -2.07. The number of anilines is 1. The highest BCUT2D eigenvalue weighted by molar-refractivity contribution is 6.28. The van der Waals surface area contributed by atoms with Crippen LogP contribution in [-0.2, 0) is 6.54 Å². The molecule has 0 saturated carbocycles. The number of halogens is 3. The van der Waals surface area contributed by atoms with E-state index >= 15 is 0 Å². The highest BCUT2D eigenvalue weighted by Gasteiger charge is 2.09.